The van der Waals surface area contributed by atoms with Gasteiger partial charge in [-0.3, -0.25) is 4.79 Å². The van der Waals surface area contributed by atoms with E-state index in [0.717, 1.165) is 0 Å². The molecule has 0 saturated carbocycles. The van der Waals surface area contributed by atoms with Crippen molar-refractivity contribution in [2.45, 2.75) is 18.7 Å². The van der Waals surface area contributed by atoms with Gasteiger partial charge in [-0.05, 0) is 35.9 Å². The summed E-state index contributed by atoms with van der Waals surface area (Å²) in [5.74, 6) is -0.0841. The van der Waals surface area contributed by atoms with Crippen molar-refractivity contribution in [3.8, 4) is 11.5 Å². The summed E-state index contributed by atoms with van der Waals surface area (Å²) in [6.45, 7) is 3.99. The fourth-order valence-electron chi connectivity index (χ4n) is 2.98. The highest BCUT2D eigenvalue weighted by Gasteiger charge is 2.21. The predicted molar refractivity (Wildman–Crippen MR) is 118 cm³/mol. The molecule has 1 N–H and O–H groups in total. The minimum absolute atomic E-state index is 0.130. The van der Waals surface area contributed by atoms with Gasteiger partial charge >= 0.3 is 5.97 Å². The maximum absolute atomic E-state index is 12.5. The molecule has 2 aromatic rings. The molecule has 1 aliphatic rings. The van der Waals surface area contributed by atoms with Crippen LogP contribution in [-0.2, 0) is 24.3 Å². The number of rotatable bonds is 9. The third-order valence-electron chi connectivity index (χ3n) is 4.64. The molecule has 1 heterocycles. The predicted octanol–water partition coefficient (Wildman–Crippen LogP) is 2.64. The summed E-state index contributed by atoms with van der Waals surface area (Å²) in [7, 11) is -3.54. The van der Waals surface area contributed by atoms with Crippen LogP contribution in [0.3, 0.4) is 0 Å². The van der Waals surface area contributed by atoms with Crippen molar-refractivity contribution < 1.29 is 32.2 Å². The highest BCUT2D eigenvalue weighted by Crippen LogP contribution is 2.34. The first-order valence-electron chi connectivity index (χ1n) is 9.98. The van der Waals surface area contributed by atoms with Crippen LogP contribution in [0.1, 0.15) is 19.4 Å². The van der Waals surface area contributed by atoms with Gasteiger partial charge < -0.3 is 19.5 Å². The summed E-state index contributed by atoms with van der Waals surface area (Å²) in [5, 5.41) is 2.60. The Hall–Kier alpha value is -3.37. The van der Waals surface area contributed by atoms with Crippen molar-refractivity contribution in [1.82, 2.24) is 4.31 Å². The number of hydrogen-bond donors (Lipinski definition) is 1. The first-order valence-corrected chi connectivity index (χ1v) is 11.4. The highest BCUT2D eigenvalue weighted by molar-refractivity contribution is 7.89. The maximum atomic E-state index is 12.5. The number of ether oxygens (including phenoxy) is 3. The maximum Gasteiger partial charge on any atom is 0.331 e. The normalized spacial score (nSPS) is 12.8. The van der Waals surface area contributed by atoms with Gasteiger partial charge in [0.1, 0.15) is 0 Å². The molecule has 0 bridgehead atoms. The van der Waals surface area contributed by atoms with E-state index in [1.807, 2.05) is 0 Å². The van der Waals surface area contributed by atoms with Crippen LogP contribution >= 0.6 is 0 Å². The lowest BCUT2D eigenvalue weighted by Gasteiger charge is -2.18. The van der Waals surface area contributed by atoms with Gasteiger partial charge in [-0.25, -0.2) is 13.2 Å². The topological polar surface area (TPSA) is 111 Å². The molecule has 32 heavy (non-hydrogen) atoms. The second-order valence-electron chi connectivity index (χ2n) is 6.72. The summed E-state index contributed by atoms with van der Waals surface area (Å²) in [5.41, 5.74) is 1.11. The van der Waals surface area contributed by atoms with Crippen molar-refractivity contribution >= 4 is 33.7 Å². The van der Waals surface area contributed by atoms with Crippen LogP contribution in [0.4, 0.5) is 5.69 Å². The molecule has 0 spiro atoms. The molecule has 10 heteroatoms. The van der Waals surface area contributed by atoms with E-state index in [-0.39, 0.29) is 11.7 Å². The number of esters is 1. The van der Waals surface area contributed by atoms with E-state index < -0.39 is 28.5 Å². The molecular formula is C22H24N2O7S. The van der Waals surface area contributed by atoms with Crippen LogP contribution in [0, 0.1) is 0 Å². The average Bonchev–Trinajstić information content (AvgIpc) is 3.25. The van der Waals surface area contributed by atoms with Gasteiger partial charge in [0.2, 0.25) is 16.8 Å². The highest BCUT2D eigenvalue weighted by atomic mass is 32.2. The monoisotopic (exact) mass is 460 g/mol. The number of anilines is 1. The quantitative estimate of drug-likeness (QED) is 0.452. The van der Waals surface area contributed by atoms with Crippen LogP contribution < -0.4 is 14.8 Å². The van der Waals surface area contributed by atoms with Crippen LogP contribution in [0.2, 0.25) is 0 Å². The van der Waals surface area contributed by atoms with E-state index >= 15 is 0 Å². The van der Waals surface area contributed by atoms with Crippen molar-refractivity contribution in [2.75, 3.05) is 31.8 Å². The number of benzene rings is 2. The second kappa shape index (κ2) is 10.3. The smallest absolute Gasteiger partial charge is 0.331 e. The van der Waals surface area contributed by atoms with Gasteiger partial charge in [0, 0.05) is 30.9 Å². The Morgan fingerprint density at radius 2 is 1.75 bits per heavy atom. The van der Waals surface area contributed by atoms with E-state index in [1.165, 1.54) is 28.6 Å². The molecule has 3 rings (SSSR count). The molecule has 0 saturated heterocycles. The fourth-order valence-corrected chi connectivity index (χ4v) is 4.44. The van der Waals surface area contributed by atoms with Gasteiger partial charge in [0.25, 0.3) is 5.91 Å². The second-order valence-corrected chi connectivity index (χ2v) is 8.65. The number of fused-ring (bicyclic) bond motifs is 1. The number of nitrogens with one attached hydrogen (secondary N) is 1. The van der Waals surface area contributed by atoms with E-state index in [9.17, 15) is 18.0 Å². The first kappa shape index (κ1) is 23.3. The van der Waals surface area contributed by atoms with Crippen LogP contribution in [-0.4, -0.2) is 51.1 Å². The van der Waals surface area contributed by atoms with Gasteiger partial charge in [0.15, 0.2) is 18.1 Å². The Balaban J connectivity index is 1.50. The molecule has 0 atom stereocenters. The molecule has 0 unspecified atom stereocenters. The number of carbonyl (C=O) groups excluding carboxylic acids is 2. The molecule has 0 fully saturated rings. The van der Waals surface area contributed by atoms with Crippen molar-refractivity contribution in [1.29, 1.82) is 0 Å². The van der Waals surface area contributed by atoms with Crippen LogP contribution in [0.5, 0.6) is 11.5 Å². The Morgan fingerprint density at radius 3 is 2.44 bits per heavy atom. The summed E-state index contributed by atoms with van der Waals surface area (Å²) in [4.78, 5) is 24.1. The number of nitrogens with zero attached hydrogens (tertiary/aromatic N) is 1. The Labute approximate surface area is 186 Å². The average molecular weight is 461 g/mol. The largest absolute Gasteiger partial charge is 0.454 e. The number of amides is 1. The standard InChI is InChI=1S/C22H24N2O7S/c1-3-24(4-2)32(27,28)18-9-5-16(6-10-18)7-12-22(26)29-14-21(25)23-17-8-11-19-20(13-17)31-15-30-19/h5-13H,3-4,14-15H2,1-2H3,(H,23,25). The lowest BCUT2D eigenvalue weighted by Crippen LogP contribution is -2.30. The minimum Gasteiger partial charge on any atom is -0.454 e. The number of hydrogen-bond acceptors (Lipinski definition) is 7. The molecule has 1 amide bonds. The van der Waals surface area contributed by atoms with Gasteiger partial charge in [-0.15, -0.1) is 0 Å². The molecule has 9 nitrogen and oxygen atoms in total. The van der Waals surface area contributed by atoms with Crippen molar-refractivity contribution in [3.05, 3.63) is 54.1 Å². The molecular weight excluding hydrogens is 436 g/mol. The summed E-state index contributed by atoms with van der Waals surface area (Å²) in [6, 6.07) is 11.1. The molecule has 0 radical (unpaired) electrons. The molecule has 2 aromatic carbocycles. The summed E-state index contributed by atoms with van der Waals surface area (Å²) in [6.07, 6.45) is 2.65. The van der Waals surface area contributed by atoms with Crippen molar-refractivity contribution in [3.63, 3.8) is 0 Å². The zero-order chi connectivity index (χ0) is 23.1. The van der Waals surface area contributed by atoms with Crippen LogP contribution in [0.15, 0.2) is 53.4 Å². The van der Waals surface area contributed by atoms with E-state index in [1.54, 1.807) is 44.2 Å². The zero-order valence-corrected chi connectivity index (χ0v) is 18.6. The molecule has 170 valence electrons. The van der Waals surface area contributed by atoms with Crippen molar-refractivity contribution in [2.24, 2.45) is 0 Å². The fraction of sp³-hybridized carbons (Fsp3) is 0.273. The number of carbonyl (C=O) groups is 2. The van der Waals surface area contributed by atoms with E-state index in [0.29, 0.717) is 35.8 Å². The minimum atomic E-state index is -3.54. The molecule has 0 aliphatic carbocycles. The van der Waals surface area contributed by atoms with Gasteiger partial charge in [-0.2, -0.15) is 4.31 Å². The Morgan fingerprint density at radius 1 is 1.06 bits per heavy atom. The third-order valence-corrected chi connectivity index (χ3v) is 6.70. The lowest BCUT2D eigenvalue weighted by atomic mass is 10.2. The Kier molecular flexibility index (Phi) is 7.49. The first-order chi connectivity index (χ1) is 15.3. The van der Waals surface area contributed by atoms with Gasteiger partial charge in [-0.1, -0.05) is 26.0 Å². The van der Waals surface area contributed by atoms with Crippen LogP contribution in [0.25, 0.3) is 6.08 Å². The van der Waals surface area contributed by atoms with E-state index in [2.05, 4.69) is 5.32 Å². The summed E-state index contributed by atoms with van der Waals surface area (Å²) >= 11 is 0. The van der Waals surface area contributed by atoms with E-state index in [4.69, 9.17) is 14.2 Å². The van der Waals surface area contributed by atoms with Gasteiger partial charge in [0.05, 0.1) is 4.90 Å². The molecule has 0 aromatic heterocycles. The molecule has 1 aliphatic heterocycles. The number of sulfonamides is 1. The third kappa shape index (κ3) is 5.65. The summed E-state index contributed by atoms with van der Waals surface area (Å²) < 4.78 is 41.7. The zero-order valence-electron chi connectivity index (χ0n) is 17.7. The SMILES string of the molecule is CCN(CC)S(=O)(=O)c1ccc(C=CC(=O)OCC(=O)Nc2ccc3c(c2)OCO3)cc1. The lowest BCUT2D eigenvalue weighted by molar-refractivity contribution is -0.142. The Bertz CT molecular complexity index is 1110.